The molecule has 202 valence electrons. The Bertz CT molecular complexity index is 1190. The molecule has 2 aromatic rings. The van der Waals surface area contributed by atoms with Crippen molar-refractivity contribution in [3.8, 4) is 5.88 Å². The standard InChI is InChI=1S/C28H36N6O4/c35-27(19-5-6-23-25(8-19)31-32-30-23)33-11-21-13-34(14-22(21)12-33)28(36)20-9-24(18-3-4-18)29-26(10-20)38-16-17-2-1-7-37-15-17/h9-10,17-19,21-22H,1-8,11-16H2,(H,30,31,32). The summed E-state index contributed by atoms with van der Waals surface area (Å²) in [5, 5.41) is 11.1. The Kier molecular flexibility index (Phi) is 6.30. The number of hydrogen-bond donors (Lipinski definition) is 1. The zero-order chi connectivity index (χ0) is 25.6. The van der Waals surface area contributed by atoms with Crippen LogP contribution >= 0.6 is 0 Å². The molecule has 3 saturated heterocycles. The van der Waals surface area contributed by atoms with Gasteiger partial charge in [-0.25, -0.2) is 4.98 Å². The molecule has 1 saturated carbocycles. The molecule has 4 atom stereocenters. The summed E-state index contributed by atoms with van der Waals surface area (Å²) in [6, 6.07) is 3.80. The lowest BCUT2D eigenvalue weighted by Crippen LogP contribution is -2.40. The highest BCUT2D eigenvalue weighted by Gasteiger charge is 2.45. The molecule has 5 aliphatic rings. The molecule has 2 amide bonds. The number of aryl methyl sites for hydroxylation is 1. The fourth-order valence-electron chi connectivity index (χ4n) is 6.73. The van der Waals surface area contributed by atoms with E-state index in [1.54, 1.807) is 0 Å². The van der Waals surface area contributed by atoms with Crippen LogP contribution in [0.15, 0.2) is 12.1 Å². The number of pyridine rings is 1. The Balaban J connectivity index is 0.980. The fourth-order valence-corrected chi connectivity index (χ4v) is 6.73. The van der Waals surface area contributed by atoms with Gasteiger partial charge in [0.1, 0.15) is 0 Å². The van der Waals surface area contributed by atoms with E-state index >= 15 is 0 Å². The summed E-state index contributed by atoms with van der Waals surface area (Å²) in [5.74, 6) is 2.32. The second kappa shape index (κ2) is 9.94. The summed E-state index contributed by atoms with van der Waals surface area (Å²) in [7, 11) is 0. The molecule has 38 heavy (non-hydrogen) atoms. The number of ether oxygens (including phenoxy) is 2. The molecule has 2 aromatic heterocycles. The van der Waals surface area contributed by atoms with Gasteiger partial charge in [0.05, 0.1) is 24.6 Å². The van der Waals surface area contributed by atoms with Crippen LogP contribution in [0.3, 0.4) is 0 Å². The first-order valence-electron chi connectivity index (χ1n) is 14.3. The number of nitrogens with zero attached hydrogens (tertiary/aromatic N) is 5. The third-order valence-electron chi connectivity index (χ3n) is 9.09. The smallest absolute Gasteiger partial charge is 0.254 e. The first kappa shape index (κ1) is 24.1. The maximum Gasteiger partial charge on any atom is 0.254 e. The number of carbonyl (C=O) groups excluding carboxylic acids is 2. The molecule has 3 aliphatic heterocycles. The lowest BCUT2D eigenvalue weighted by Gasteiger charge is -2.27. The molecular weight excluding hydrogens is 484 g/mol. The molecule has 1 N–H and O–H groups in total. The van der Waals surface area contributed by atoms with Gasteiger partial charge < -0.3 is 19.3 Å². The molecule has 0 radical (unpaired) electrons. The predicted octanol–water partition coefficient (Wildman–Crippen LogP) is 2.22. The highest BCUT2D eigenvalue weighted by Crippen LogP contribution is 2.40. The average molecular weight is 521 g/mol. The van der Waals surface area contributed by atoms with Crippen molar-refractivity contribution in [3.05, 3.63) is 34.8 Å². The normalized spacial score (nSPS) is 28.7. The second-order valence-corrected chi connectivity index (χ2v) is 11.9. The van der Waals surface area contributed by atoms with E-state index < -0.39 is 0 Å². The number of nitrogens with one attached hydrogen (secondary N) is 1. The Morgan fingerprint density at radius 3 is 2.55 bits per heavy atom. The van der Waals surface area contributed by atoms with Crippen LogP contribution in [0.4, 0.5) is 0 Å². The molecule has 7 rings (SSSR count). The van der Waals surface area contributed by atoms with Crippen LogP contribution in [0.5, 0.6) is 5.88 Å². The molecule has 4 fully saturated rings. The van der Waals surface area contributed by atoms with Gasteiger partial charge in [0, 0.05) is 86.1 Å². The third-order valence-corrected chi connectivity index (χ3v) is 9.09. The van der Waals surface area contributed by atoms with Gasteiger partial charge in [0.15, 0.2) is 0 Å². The minimum atomic E-state index is -0.0135. The largest absolute Gasteiger partial charge is 0.477 e. The van der Waals surface area contributed by atoms with Gasteiger partial charge in [0.2, 0.25) is 11.8 Å². The van der Waals surface area contributed by atoms with Gasteiger partial charge >= 0.3 is 0 Å². The maximum absolute atomic E-state index is 13.6. The fraction of sp³-hybridized carbons (Fsp3) is 0.679. The van der Waals surface area contributed by atoms with Crippen molar-refractivity contribution < 1.29 is 19.1 Å². The molecule has 10 nitrogen and oxygen atoms in total. The molecule has 0 bridgehead atoms. The average Bonchev–Trinajstić information content (AvgIpc) is 3.37. The first-order chi connectivity index (χ1) is 18.6. The number of rotatable bonds is 6. The minimum absolute atomic E-state index is 0.0135. The van der Waals surface area contributed by atoms with E-state index in [0.717, 1.165) is 81.9 Å². The van der Waals surface area contributed by atoms with E-state index in [1.165, 1.54) is 0 Å². The first-order valence-corrected chi connectivity index (χ1v) is 14.3. The molecule has 4 unspecified atom stereocenters. The van der Waals surface area contributed by atoms with Crippen LogP contribution in [-0.2, 0) is 22.4 Å². The summed E-state index contributed by atoms with van der Waals surface area (Å²) in [6.45, 7) is 4.99. The van der Waals surface area contributed by atoms with E-state index in [0.29, 0.717) is 61.2 Å². The lowest BCUT2D eigenvalue weighted by atomic mass is 9.89. The zero-order valence-corrected chi connectivity index (χ0v) is 21.8. The second-order valence-electron chi connectivity index (χ2n) is 11.9. The molecule has 0 spiro atoms. The summed E-state index contributed by atoms with van der Waals surface area (Å²) < 4.78 is 11.7. The number of aromatic amines is 1. The van der Waals surface area contributed by atoms with Crippen molar-refractivity contribution in [1.29, 1.82) is 0 Å². The van der Waals surface area contributed by atoms with Crippen molar-refractivity contribution >= 4 is 11.8 Å². The number of fused-ring (bicyclic) bond motifs is 2. The van der Waals surface area contributed by atoms with Crippen molar-refractivity contribution in [3.63, 3.8) is 0 Å². The predicted molar refractivity (Wildman–Crippen MR) is 137 cm³/mol. The van der Waals surface area contributed by atoms with E-state index in [2.05, 4.69) is 15.4 Å². The number of likely N-dealkylation sites (tertiary alicyclic amines) is 2. The summed E-state index contributed by atoms with van der Waals surface area (Å²) >= 11 is 0. The molecular formula is C28H36N6O4. The monoisotopic (exact) mass is 520 g/mol. The van der Waals surface area contributed by atoms with E-state index in [9.17, 15) is 9.59 Å². The van der Waals surface area contributed by atoms with Crippen LogP contribution in [0.25, 0.3) is 0 Å². The van der Waals surface area contributed by atoms with Crippen molar-refractivity contribution in [1.82, 2.24) is 30.2 Å². The Morgan fingerprint density at radius 1 is 1.00 bits per heavy atom. The van der Waals surface area contributed by atoms with E-state index in [-0.39, 0.29) is 17.7 Å². The number of H-pyrrole nitrogens is 1. The number of carbonyl (C=O) groups is 2. The van der Waals surface area contributed by atoms with E-state index in [1.807, 2.05) is 21.9 Å². The number of amides is 2. The highest BCUT2D eigenvalue weighted by molar-refractivity contribution is 5.95. The molecule has 2 aliphatic carbocycles. The van der Waals surface area contributed by atoms with E-state index in [4.69, 9.17) is 14.5 Å². The van der Waals surface area contributed by atoms with Gasteiger partial charge in [-0.2, -0.15) is 15.4 Å². The van der Waals surface area contributed by atoms with Crippen molar-refractivity contribution in [2.24, 2.45) is 23.7 Å². The lowest BCUT2D eigenvalue weighted by molar-refractivity contribution is -0.135. The van der Waals surface area contributed by atoms with Gasteiger partial charge in [-0.05, 0) is 44.6 Å². The Labute approximate surface area is 222 Å². The van der Waals surface area contributed by atoms with Gasteiger partial charge in [-0.15, -0.1) is 0 Å². The molecule has 5 heterocycles. The maximum atomic E-state index is 13.6. The zero-order valence-electron chi connectivity index (χ0n) is 21.8. The molecule has 10 heteroatoms. The number of hydrogen-bond acceptors (Lipinski definition) is 7. The van der Waals surface area contributed by atoms with Crippen LogP contribution in [0.1, 0.15) is 65.5 Å². The Morgan fingerprint density at radius 2 is 1.79 bits per heavy atom. The summed E-state index contributed by atoms with van der Waals surface area (Å²) in [4.78, 5) is 35.6. The van der Waals surface area contributed by atoms with Gasteiger partial charge in [-0.1, -0.05) is 0 Å². The van der Waals surface area contributed by atoms with Crippen molar-refractivity contribution in [2.45, 2.75) is 50.9 Å². The summed E-state index contributed by atoms with van der Waals surface area (Å²) in [6.07, 6.45) is 6.72. The SMILES string of the molecule is O=C(c1cc(OCC2CCCOC2)nc(C2CC2)c1)N1CC2CN(C(=O)C3CCc4n[nH]nc4C3)CC2C1. The molecule has 0 aromatic carbocycles. The quantitative estimate of drug-likeness (QED) is 0.621. The van der Waals surface area contributed by atoms with Crippen LogP contribution < -0.4 is 4.74 Å². The highest BCUT2D eigenvalue weighted by atomic mass is 16.5. The van der Waals surface area contributed by atoms with Crippen LogP contribution in [0, 0.1) is 23.7 Å². The minimum Gasteiger partial charge on any atom is -0.477 e. The van der Waals surface area contributed by atoms with Crippen LogP contribution in [0.2, 0.25) is 0 Å². The third kappa shape index (κ3) is 4.79. The number of aromatic nitrogens is 4. The van der Waals surface area contributed by atoms with Gasteiger partial charge in [0.25, 0.3) is 5.91 Å². The van der Waals surface area contributed by atoms with Crippen molar-refractivity contribution in [2.75, 3.05) is 46.0 Å². The topological polar surface area (TPSA) is 114 Å². The van der Waals surface area contributed by atoms with Crippen LogP contribution in [-0.4, -0.2) is 88.0 Å². The van der Waals surface area contributed by atoms with Gasteiger partial charge in [-0.3, -0.25) is 9.59 Å². The Hall–Kier alpha value is -3.01. The summed E-state index contributed by atoms with van der Waals surface area (Å²) in [5.41, 5.74) is 3.59.